The lowest BCUT2D eigenvalue weighted by molar-refractivity contribution is 0.511. The minimum atomic E-state index is -0.207. The SMILES string of the molecule is C=CC(F)=CC1C(C)=CCC1C. The van der Waals surface area contributed by atoms with Crippen LogP contribution in [0.25, 0.3) is 0 Å². The Morgan fingerprint density at radius 3 is 2.83 bits per heavy atom. The van der Waals surface area contributed by atoms with Gasteiger partial charge in [0.2, 0.25) is 0 Å². The second kappa shape index (κ2) is 3.70. The van der Waals surface area contributed by atoms with Crippen molar-refractivity contribution in [1.82, 2.24) is 0 Å². The summed E-state index contributed by atoms with van der Waals surface area (Å²) in [5.74, 6) is 0.611. The van der Waals surface area contributed by atoms with E-state index in [9.17, 15) is 4.39 Å². The van der Waals surface area contributed by atoms with Crippen LogP contribution < -0.4 is 0 Å². The number of hydrogen-bond donors (Lipinski definition) is 0. The van der Waals surface area contributed by atoms with Crippen molar-refractivity contribution < 1.29 is 4.39 Å². The van der Waals surface area contributed by atoms with Crippen LogP contribution in [0.3, 0.4) is 0 Å². The highest BCUT2D eigenvalue weighted by atomic mass is 19.1. The van der Waals surface area contributed by atoms with Gasteiger partial charge in [-0.25, -0.2) is 4.39 Å². The van der Waals surface area contributed by atoms with Gasteiger partial charge in [0.1, 0.15) is 5.83 Å². The summed E-state index contributed by atoms with van der Waals surface area (Å²) in [6.45, 7) is 7.59. The van der Waals surface area contributed by atoms with Crippen LogP contribution in [0.4, 0.5) is 4.39 Å². The molecule has 0 radical (unpaired) electrons. The molecule has 0 aromatic rings. The lowest BCUT2D eigenvalue weighted by Crippen LogP contribution is -2.03. The van der Waals surface area contributed by atoms with Crippen LogP contribution in [-0.4, -0.2) is 0 Å². The van der Waals surface area contributed by atoms with Crippen molar-refractivity contribution in [2.75, 3.05) is 0 Å². The van der Waals surface area contributed by atoms with Crippen molar-refractivity contribution in [3.63, 3.8) is 0 Å². The highest BCUT2D eigenvalue weighted by Gasteiger charge is 2.21. The maximum Gasteiger partial charge on any atom is 0.119 e. The van der Waals surface area contributed by atoms with Crippen LogP contribution in [0, 0.1) is 11.8 Å². The van der Waals surface area contributed by atoms with Crippen LogP contribution in [-0.2, 0) is 0 Å². The molecule has 1 rings (SSSR count). The number of hydrogen-bond acceptors (Lipinski definition) is 0. The van der Waals surface area contributed by atoms with Gasteiger partial charge in [0.25, 0.3) is 0 Å². The molecule has 66 valence electrons. The average Bonchev–Trinajstić information content (AvgIpc) is 2.35. The van der Waals surface area contributed by atoms with Gasteiger partial charge < -0.3 is 0 Å². The Labute approximate surface area is 73.5 Å². The van der Waals surface area contributed by atoms with Gasteiger partial charge in [0, 0.05) is 5.92 Å². The van der Waals surface area contributed by atoms with E-state index in [1.807, 2.05) is 0 Å². The van der Waals surface area contributed by atoms with Crippen molar-refractivity contribution in [2.45, 2.75) is 20.3 Å². The number of allylic oxidation sites excluding steroid dienone is 5. The molecule has 0 saturated heterocycles. The predicted molar refractivity (Wildman–Crippen MR) is 50.4 cm³/mol. The highest BCUT2D eigenvalue weighted by molar-refractivity contribution is 5.22. The van der Waals surface area contributed by atoms with E-state index in [0.717, 1.165) is 6.42 Å². The molecule has 0 spiro atoms. The third-order valence-electron chi connectivity index (χ3n) is 2.48. The highest BCUT2D eigenvalue weighted by Crippen LogP contribution is 2.33. The molecule has 0 saturated carbocycles. The first-order valence-corrected chi connectivity index (χ1v) is 4.31. The van der Waals surface area contributed by atoms with Gasteiger partial charge in [-0.15, -0.1) is 0 Å². The molecule has 0 nitrogen and oxygen atoms in total. The summed E-state index contributed by atoms with van der Waals surface area (Å²) in [7, 11) is 0. The Bertz CT molecular complexity index is 235. The minimum Gasteiger partial charge on any atom is -0.207 e. The van der Waals surface area contributed by atoms with E-state index < -0.39 is 0 Å². The van der Waals surface area contributed by atoms with Gasteiger partial charge in [0.05, 0.1) is 0 Å². The summed E-state index contributed by atoms with van der Waals surface area (Å²) in [5, 5.41) is 0. The normalized spacial score (nSPS) is 30.2. The largest absolute Gasteiger partial charge is 0.207 e. The van der Waals surface area contributed by atoms with E-state index in [2.05, 4.69) is 26.5 Å². The average molecular weight is 166 g/mol. The quantitative estimate of drug-likeness (QED) is 0.434. The summed E-state index contributed by atoms with van der Waals surface area (Å²) in [4.78, 5) is 0. The van der Waals surface area contributed by atoms with Gasteiger partial charge in [0.15, 0.2) is 0 Å². The molecule has 0 N–H and O–H groups in total. The summed E-state index contributed by atoms with van der Waals surface area (Å²) < 4.78 is 12.8. The summed E-state index contributed by atoms with van der Waals surface area (Å²) >= 11 is 0. The summed E-state index contributed by atoms with van der Waals surface area (Å²) in [6.07, 6.45) is 6.18. The first kappa shape index (κ1) is 9.24. The maximum atomic E-state index is 12.8. The van der Waals surface area contributed by atoms with Crippen molar-refractivity contribution in [3.8, 4) is 0 Å². The maximum absolute atomic E-state index is 12.8. The van der Waals surface area contributed by atoms with E-state index in [4.69, 9.17) is 0 Å². The van der Waals surface area contributed by atoms with E-state index in [1.54, 1.807) is 6.08 Å². The molecule has 0 aromatic heterocycles. The lowest BCUT2D eigenvalue weighted by Gasteiger charge is -2.12. The van der Waals surface area contributed by atoms with Crippen LogP contribution in [0.2, 0.25) is 0 Å². The smallest absolute Gasteiger partial charge is 0.119 e. The van der Waals surface area contributed by atoms with Crippen molar-refractivity contribution in [1.29, 1.82) is 0 Å². The Balaban J connectivity index is 2.74. The zero-order valence-corrected chi connectivity index (χ0v) is 7.68. The van der Waals surface area contributed by atoms with Crippen LogP contribution in [0.5, 0.6) is 0 Å². The third kappa shape index (κ3) is 1.84. The Morgan fingerprint density at radius 1 is 1.75 bits per heavy atom. The van der Waals surface area contributed by atoms with E-state index >= 15 is 0 Å². The molecule has 0 amide bonds. The predicted octanol–water partition coefficient (Wildman–Crippen LogP) is 3.63. The first-order chi connectivity index (χ1) is 5.65. The van der Waals surface area contributed by atoms with Gasteiger partial charge in [-0.05, 0) is 31.4 Å². The fourth-order valence-electron chi connectivity index (χ4n) is 1.64. The molecular formula is C11H15F. The monoisotopic (exact) mass is 166 g/mol. The second-order valence-corrected chi connectivity index (χ2v) is 3.44. The second-order valence-electron chi connectivity index (χ2n) is 3.44. The molecular weight excluding hydrogens is 151 g/mol. The Morgan fingerprint density at radius 2 is 2.42 bits per heavy atom. The molecule has 0 aromatic carbocycles. The van der Waals surface area contributed by atoms with Crippen LogP contribution in [0.15, 0.2) is 36.2 Å². The molecule has 1 aliphatic carbocycles. The fourth-order valence-corrected chi connectivity index (χ4v) is 1.64. The Hall–Kier alpha value is -0.850. The molecule has 1 aliphatic rings. The van der Waals surface area contributed by atoms with Crippen molar-refractivity contribution in [2.24, 2.45) is 11.8 Å². The van der Waals surface area contributed by atoms with Crippen molar-refractivity contribution >= 4 is 0 Å². The van der Waals surface area contributed by atoms with Gasteiger partial charge in [-0.2, -0.15) is 0 Å². The molecule has 0 fully saturated rings. The van der Waals surface area contributed by atoms with Gasteiger partial charge >= 0.3 is 0 Å². The molecule has 0 bridgehead atoms. The molecule has 2 unspecified atom stereocenters. The number of rotatable bonds is 2. The first-order valence-electron chi connectivity index (χ1n) is 4.31. The minimum absolute atomic E-state index is 0.207. The summed E-state index contributed by atoms with van der Waals surface area (Å²) in [5.41, 5.74) is 1.28. The third-order valence-corrected chi connectivity index (χ3v) is 2.48. The summed E-state index contributed by atoms with van der Waals surface area (Å²) in [6, 6.07) is 0. The van der Waals surface area contributed by atoms with Crippen LogP contribution >= 0.6 is 0 Å². The molecule has 12 heavy (non-hydrogen) atoms. The van der Waals surface area contributed by atoms with Gasteiger partial charge in [-0.3, -0.25) is 0 Å². The van der Waals surface area contributed by atoms with E-state index in [-0.39, 0.29) is 11.7 Å². The zero-order valence-electron chi connectivity index (χ0n) is 7.68. The number of halogens is 1. The Kier molecular flexibility index (Phi) is 2.85. The fraction of sp³-hybridized carbons (Fsp3) is 0.455. The van der Waals surface area contributed by atoms with Crippen molar-refractivity contribution in [3.05, 3.63) is 36.2 Å². The topological polar surface area (TPSA) is 0 Å². The molecule has 0 aliphatic heterocycles. The zero-order chi connectivity index (χ0) is 9.14. The van der Waals surface area contributed by atoms with E-state index in [0.29, 0.717) is 5.92 Å². The van der Waals surface area contributed by atoms with Crippen LogP contribution in [0.1, 0.15) is 20.3 Å². The standard InChI is InChI=1S/C11H15F/c1-4-10(12)7-11-8(2)5-6-9(11)3/h4-5,7,9,11H,1,6H2,2-3H3. The molecule has 1 heteroatoms. The molecule has 0 heterocycles. The molecule has 2 atom stereocenters. The lowest BCUT2D eigenvalue weighted by atomic mass is 9.93. The van der Waals surface area contributed by atoms with E-state index in [1.165, 1.54) is 11.6 Å². The van der Waals surface area contributed by atoms with Gasteiger partial charge in [-0.1, -0.05) is 25.2 Å².